The Labute approximate surface area is 193 Å². The molecule has 1 unspecified atom stereocenters. The van der Waals surface area contributed by atoms with Gasteiger partial charge in [0.25, 0.3) is 0 Å². The molecule has 2 aromatic carbocycles. The molecule has 1 fully saturated rings. The standard InChI is InChI=1S/C26H30N2O5/c1-2-23(25(30)31)28-24(29)16-8-7-9-17(14-16)27-26(32)33-15-22-20-12-5-3-10-18(20)19-11-4-6-13-21(19)22/h3-6,10-13,16-17,22-23H,2,7-9,14-15H2,1H3,(H,27,32)(H,28,29)(H,30,31)/t16-,17-,23?/m1/s1. The second-order valence-electron chi connectivity index (χ2n) is 8.84. The minimum atomic E-state index is -1.03. The predicted molar refractivity (Wildman–Crippen MR) is 124 cm³/mol. The summed E-state index contributed by atoms with van der Waals surface area (Å²) in [6.45, 7) is 1.97. The number of nitrogens with one attached hydrogen (secondary N) is 2. The molecule has 3 atom stereocenters. The first-order chi connectivity index (χ1) is 16.0. The SMILES string of the molecule is CCC(NC(=O)[C@@H]1CCC[C@@H](NC(=O)OCC2c3ccccc3-c3ccccc32)C1)C(=O)O. The highest BCUT2D eigenvalue weighted by Crippen LogP contribution is 2.44. The van der Waals surface area contributed by atoms with Crippen LogP contribution in [0.4, 0.5) is 4.79 Å². The zero-order chi connectivity index (χ0) is 23.4. The average Bonchev–Trinajstić information content (AvgIpc) is 3.14. The van der Waals surface area contributed by atoms with Gasteiger partial charge in [-0.05, 0) is 47.9 Å². The lowest BCUT2D eigenvalue weighted by Gasteiger charge is -2.29. The van der Waals surface area contributed by atoms with E-state index in [0.717, 1.165) is 24.0 Å². The fourth-order valence-corrected chi connectivity index (χ4v) is 4.99. The fraction of sp³-hybridized carbons (Fsp3) is 0.423. The van der Waals surface area contributed by atoms with E-state index in [1.54, 1.807) is 6.92 Å². The number of hydrogen-bond acceptors (Lipinski definition) is 4. The van der Waals surface area contributed by atoms with E-state index in [4.69, 9.17) is 4.74 Å². The molecule has 2 aromatic rings. The quantitative estimate of drug-likeness (QED) is 0.590. The second kappa shape index (κ2) is 10.1. The highest BCUT2D eigenvalue weighted by molar-refractivity contribution is 5.85. The first kappa shape index (κ1) is 22.8. The third kappa shape index (κ3) is 5.02. The lowest BCUT2D eigenvalue weighted by Crippen LogP contribution is -2.47. The largest absolute Gasteiger partial charge is 0.480 e. The van der Waals surface area contributed by atoms with Crippen LogP contribution < -0.4 is 10.6 Å². The van der Waals surface area contributed by atoms with E-state index in [9.17, 15) is 19.5 Å². The summed E-state index contributed by atoms with van der Waals surface area (Å²) in [5.74, 6) is -1.61. The molecule has 0 radical (unpaired) electrons. The number of carboxylic acids is 1. The van der Waals surface area contributed by atoms with Crippen LogP contribution in [0.1, 0.15) is 56.1 Å². The van der Waals surface area contributed by atoms with Gasteiger partial charge in [-0.25, -0.2) is 9.59 Å². The molecule has 0 heterocycles. The number of carboxylic acid groups (broad SMARTS) is 1. The van der Waals surface area contributed by atoms with Gasteiger partial charge in [0.15, 0.2) is 0 Å². The van der Waals surface area contributed by atoms with Gasteiger partial charge in [0.05, 0.1) is 0 Å². The van der Waals surface area contributed by atoms with Crippen LogP contribution in [0.3, 0.4) is 0 Å². The smallest absolute Gasteiger partial charge is 0.407 e. The van der Waals surface area contributed by atoms with Gasteiger partial charge < -0.3 is 20.5 Å². The number of rotatable bonds is 7. The van der Waals surface area contributed by atoms with Gasteiger partial charge in [-0.1, -0.05) is 61.9 Å². The van der Waals surface area contributed by atoms with Gasteiger partial charge in [0, 0.05) is 17.9 Å². The fourth-order valence-electron chi connectivity index (χ4n) is 4.99. The number of fused-ring (bicyclic) bond motifs is 3. The van der Waals surface area contributed by atoms with Crippen LogP contribution in [0.5, 0.6) is 0 Å². The summed E-state index contributed by atoms with van der Waals surface area (Å²) < 4.78 is 5.62. The number of aliphatic carboxylic acids is 1. The van der Waals surface area contributed by atoms with Gasteiger partial charge >= 0.3 is 12.1 Å². The Hall–Kier alpha value is -3.35. The molecule has 2 aliphatic rings. The maximum atomic E-state index is 12.6. The van der Waals surface area contributed by atoms with E-state index in [1.807, 2.05) is 24.3 Å². The van der Waals surface area contributed by atoms with Crippen molar-refractivity contribution in [1.29, 1.82) is 0 Å². The van der Waals surface area contributed by atoms with Crippen LogP contribution >= 0.6 is 0 Å². The maximum Gasteiger partial charge on any atom is 0.407 e. The molecule has 1 saturated carbocycles. The van der Waals surface area contributed by atoms with Crippen molar-refractivity contribution in [2.24, 2.45) is 5.92 Å². The van der Waals surface area contributed by atoms with E-state index in [-0.39, 0.29) is 30.4 Å². The van der Waals surface area contributed by atoms with Crippen molar-refractivity contribution < 1.29 is 24.2 Å². The van der Waals surface area contributed by atoms with Crippen LogP contribution in [-0.4, -0.2) is 41.8 Å². The Morgan fingerprint density at radius 3 is 2.27 bits per heavy atom. The third-order valence-electron chi connectivity index (χ3n) is 6.73. The lowest BCUT2D eigenvalue weighted by atomic mass is 9.85. The summed E-state index contributed by atoms with van der Waals surface area (Å²) in [6.07, 6.45) is 2.56. The zero-order valence-electron chi connectivity index (χ0n) is 18.8. The van der Waals surface area contributed by atoms with Gasteiger partial charge in [-0.2, -0.15) is 0 Å². The Morgan fingerprint density at radius 1 is 1.03 bits per heavy atom. The Bertz CT molecular complexity index is 991. The van der Waals surface area contributed by atoms with Crippen molar-refractivity contribution in [3.8, 4) is 11.1 Å². The number of hydrogen-bond donors (Lipinski definition) is 3. The van der Waals surface area contributed by atoms with Crippen molar-refractivity contribution in [2.45, 2.75) is 57.0 Å². The summed E-state index contributed by atoms with van der Waals surface area (Å²) in [4.78, 5) is 36.3. The first-order valence-electron chi connectivity index (χ1n) is 11.6. The number of carbonyl (C=O) groups excluding carboxylic acids is 2. The monoisotopic (exact) mass is 450 g/mol. The summed E-state index contributed by atoms with van der Waals surface area (Å²) in [7, 11) is 0. The molecule has 0 aromatic heterocycles. The minimum Gasteiger partial charge on any atom is -0.480 e. The molecule has 2 aliphatic carbocycles. The molecule has 0 spiro atoms. The summed E-state index contributed by atoms with van der Waals surface area (Å²) in [5, 5.41) is 14.7. The molecule has 7 nitrogen and oxygen atoms in total. The molecular weight excluding hydrogens is 420 g/mol. The topological polar surface area (TPSA) is 105 Å². The molecule has 0 bridgehead atoms. The maximum absolute atomic E-state index is 12.6. The van der Waals surface area contributed by atoms with Crippen LogP contribution in [0.25, 0.3) is 11.1 Å². The van der Waals surface area contributed by atoms with Gasteiger partial charge in [0.2, 0.25) is 5.91 Å². The molecular formula is C26H30N2O5. The molecule has 3 N–H and O–H groups in total. The van der Waals surface area contributed by atoms with Crippen molar-refractivity contribution in [2.75, 3.05) is 6.61 Å². The Balaban J connectivity index is 1.32. The predicted octanol–water partition coefficient (Wildman–Crippen LogP) is 4.06. The molecule has 0 saturated heterocycles. The summed E-state index contributed by atoms with van der Waals surface area (Å²) in [6, 6.07) is 15.3. The van der Waals surface area contributed by atoms with Crippen molar-refractivity contribution in [3.63, 3.8) is 0 Å². The third-order valence-corrected chi connectivity index (χ3v) is 6.73. The number of alkyl carbamates (subject to hydrolysis) is 1. The van der Waals surface area contributed by atoms with Crippen molar-refractivity contribution in [3.05, 3.63) is 59.7 Å². The van der Waals surface area contributed by atoms with Gasteiger partial charge in [-0.15, -0.1) is 0 Å². The van der Waals surface area contributed by atoms with Crippen molar-refractivity contribution in [1.82, 2.24) is 10.6 Å². The molecule has 33 heavy (non-hydrogen) atoms. The van der Waals surface area contributed by atoms with E-state index < -0.39 is 18.1 Å². The lowest BCUT2D eigenvalue weighted by molar-refractivity contribution is -0.142. The van der Waals surface area contributed by atoms with Crippen LogP contribution in [0.15, 0.2) is 48.5 Å². The van der Waals surface area contributed by atoms with E-state index in [1.165, 1.54) is 11.1 Å². The van der Waals surface area contributed by atoms with Gasteiger partial charge in [0.1, 0.15) is 12.6 Å². The number of ether oxygens (including phenoxy) is 1. The number of carbonyl (C=O) groups is 3. The number of amides is 2. The normalized spacial score (nSPS) is 20.3. The van der Waals surface area contributed by atoms with Crippen LogP contribution in [0, 0.1) is 5.92 Å². The van der Waals surface area contributed by atoms with Crippen LogP contribution in [0.2, 0.25) is 0 Å². The zero-order valence-corrected chi connectivity index (χ0v) is 18.8. The van der Waals surface area contributed by atoms with E-state index >= 15 is 0 Å². The molecule has 2 amide bonds. The highest BCUT2D eigenvalue weighted by Gasteiger charge is 2.32. The summed E-state index contributed by atoms with van der Waals surface area (Å²) in [5.41, 5.74) is 4.67. The Kier molecular flexibility index (Phi) is 6.96. The highest BCUT2D eigenvalue weighted by atomic mass is 16.5. The second-order valence-corrected chi connectivity index (χ2v) is 8.84. The van der Waals surface area contributed by atoms with Crippen LogP contribution in [-0.2, 0) is 14.3 Å². The van der Waals surface area contributed by atoms with Gasteiger partial charge in [-0.3, -0.25) is 4.79 Å². The molecule has 4 rings (SSSR count). The molecule has 7 heteroatoms. The molecule has 174 valence electrons. The molecule has 0 aliphatic heterocycles. The van der Waals surface area contributed by atoms with Crippen molar-refractivity contribution >= 4 is 18.0 Å². The summed E-state index contributed by atoms with van der Waals surface area (Å²) >= 11 is 0. The van der Waals surface area contributed by atoms with E-state index in [2.05, 4.69) is 34.9 Å². The average molecular weight is 451 g/mol. The minimum absolute atomic E-state index is 0.00460. The number of benzene rings is 2. The first-order valence-corrected chi connectivity index (χ1v) is 11.6. The van der Waals surface area contributed by atoms with E-state index in [0.29, 0.717) is 19.3 Å². The Morgan fingerprint density at radius 2 is 1.67 bits per heavy atom.